The molecule has 1 heterocycles. The van der Waals surface area contributed by atoms with Gasteiger partial charge >= 0.3 is 0 Å². The van der Waals surface area contributed by atoms with Crippen molar-refractivity contribution in [1.82, 2.24) is 9.97 Å². The minimum atomic E-state index is 0.633. The number of ether oxygens (including phenoxy) is 1. The molecule has 0 spiro atoms. The van der Waals surface area contributed by atoms with E-state index in [1.807, 2.05) is 43.1 Å². The fourth-order valence-corrected chi connectivity index (χ4v) is 2.27. The van der Waals surface area contributed by atoms with Crippen LogP contribution < -0.4 is 15.0 Å². The van der Waals surface area contributed by atoms with Crippen LogP contribution in [-0.4, -0.2) is 30.7 Å². The third-order valence-electron chi connectivity index (χ3n) is 3.06. The molecule has 0 unspecified atom stereocenters. The lowest BCUT2D eigenvalue weighted by molar-refractivity contribution is 0.412. The molecule has 0 radical (unpaired) electrons. The lowest BCUT2D eigenvalue weighted by Crippen LogP contribution is -2.19. The molecule has 0 aliphatic heterocycles. The molecular weight excluding hydrogens is 288 g/mol. The molecule has 0 saturated heterocycles. The first kappa shape index (κ1) is 15.4. The van der Waals surface area contributed by atoms with Gasteiger partial charge in [0.1, 0.15) is 6.33 Å². The molecular formula is C15H19ClN4O. The minimum absolute atomic E-state index is 0.633. The third kappa shape index (κ3) is 3.55. The maximum absolute atomic E-state index is 6.21. The monoisotopic (exact) mass is 306 g/mol. The zero-order valence-electron chi connectivity index (χ0n) is 12.4. The summed E-state index contributed by atoms with van der Waals surface area (Å²) in [6.07, 6.45) is 1.53. The van der Waals surface area contributed by atoms with Crippen molar-refractivity contribution in [2.75, 3.05) is 30.9 Å². The topological polar surface area (TPSA) is 50.3 Å². The smallest absolute Gasteiger partial charge is 0.204 e. The molecule has 1 aromatic heterocycles. The predicted molar refractivity (Wildman–Crippen MR) is 86.3 cm³/mol. The van der Waals surface area contributed by atoms with E-state index in [0.29, 0.717) is 18.1 Å². The highest BCUT2D eigenvalue weighted by atomic mass is 35.5. The van der Waals surface area contributed by atoms with Gasteiger partial charge in [-0.1, -0.05) is 29.8 Å². The molecule has 0 amide bonds. The Kier molecular flexibility index (Phi) is 5.22. The van der Waals surface area contributed by atoms with Crippen molar-refractivity contribution in [2.24, 2.45) is 0 Å². The van der Waals surface area contributed by atoms with E-state index < -0.39 is 0 Å². The molecule has 21 heavy (non-hydrogen) atoms. The summed E-state index contributed by atoms with van der Waals surface area (Å²) in [6, 6.07) is 7.76. The Bertz CT molecular complexity index is 606. The predicted octanol–water partition coefficient (Wildman–Crippen LogP) is 3.21. The molecule has 5 nitrogen and oxygen atoms in total. The molecule has 0 fully saturated rings. The number of benzene rings is 1. The number of hydrogen-bond donors (Lipinski definition) is 1. The molecule has 0 saturated carbocycles. The summed E-state index contributed by atoms with van der Waals surface area (Å²) >= 11 is 6.21. The van der Waals surface area contributed by atoms with Crippen molar-refractivity contribution in [3.8, 4) is 5.75 Å². The van der Waals surface area contributed by atoms with Gasteiger partial charge in [-0.15, -0.1) is 0 Å². The highest BCUT2D eigenvalue weighted by molar-refractivity contribution is 6.31. The highest BCUT2D eigenvalue weighted by Gasteiger charge is 2.16. The van der Waals surface area contributed by atoms with Gasteiger partial charge in [0, 0.05) is 25.2 Å². The number of hydrogen-bond acceptors (Lipinski definition) is 5. The fraction of sp³-hybridized carbons (Fsp3) is 0.333. The van der Waals surface area contributed by atoms with E-state index in [0.717, 1.165) is 22.9 Å². The normalized spacial score (nSPS) is 10.3. The van der Waals surface area contributed by atoms with Gasteiger partial charge in [0.05, 0.1) is 7.11 Å². The summed E-state index contributed by atoms with van der Waals surface area (Å²) < 4.78 is 5.46. The van der Waals surface area contributed by atoms with Gasteiger partial charge in [0.15, 0.2) is 11.6 Å². The van der Waals surface area contributed by atoms with Crippen molar-refractivity contribution in [1.29, 1.82) is 0 Å². The Morgan fingerprint density at radius 1 is 1.29 bits per heavy atom. The Hall–Kier alpha value is -2.01. The SMILES string of the molecule is CCNc1ncnc(N(C)Cc2ccccc2Cl)c1OC. The van der Waals surface area contributed by atoms with Crippen molar-refractivity contribution in [3.63, 3.8) is 0 Å². The second kappa shape index (κ2) is 7.13. The molecule has 0 bridgehead atoms. The van der Waals surface area contributed by atoms with Crippen molar-refractivity contribution in [3.05, 3.63) is 41.2 Å². The van der Waals surface area contributed by atoms with Gasteiger partial charge in [0.25, 0.3) is 0 Å². The molecule has 2 aromatic rings. The number of nitrogens with one attached hydrogen (secondary N) is 1. The van der Waals surface area contributed by atoms with Gasteiger partial charge in [0.2, 0.25) is 5.75 Å². The van der Waals surface area contributed by atoms with Crippen molar-refractivity contribution >= 4 is 23.2 Å². The van der Waals surface area contributed by atoms with Crippen LogP contribution >= 0.6 is 11.6 Å². The first-order valence-electron chi connectivity index (χ1n) is 6.74. The molecule has 112 valence electrons. The van der Waals surface area contributed by atoms with Crippen LogP contribution in [0.1, 0.15) is 12.5 Å². The summed E-state index contributed by atoms with van der Waals surface area (Å²) in [6.45, 7) is 3.41. The summed E-state index contributed by atoms with van der Waals surface area (Å²) in [5.74, 6) is 2.05. The van der Waals surface area contributed by atoms with E-state index in [1.165, 1.54) is 6.33 Å². The van der Waals surface area contributed by atoms with E-state index in [9.17, 15) is 0 Å². The van der Waals surface area contributed by atoms with Gasteiger partial charge in [-0.2, -0.15) is 0 Å². The quantitative estimate of drug-likeness (QED) is 0.888. The standard InChI is InChI=1S/C15H19ClN4O/c1-4-17-14-13(21-3)15(19-10-18-14)20(2)9-11-7-5-6-8-12(11)16/h5-8,10H,4,9H2,1-3H3,(H,17,18,19). The largest absolute Gasteiger partial charge is 0.490 e. The summed E-state index contributed by atoms with van der Waals surface area (Å²) in [5.41, 5.74) is 1.03. The Morgan fingerprint density at radius 2 is 2.05 bits per heavy atom. The van der Waals surface area contributed by atoms with Crippen LogP contribution in [0.25, 0.3) is 0 Å². The number of methoxy groups -OCH3 is 1. The maximum atomic E-state index is 6.21. The second-order valence-corrected chi connectivity index (χ2v) is 4.96. The summed E-state index contributed by atoms with van der Waals surface area (Å²) in [4.78, 5) is 10.5. The number of aromatic nitrogens is 2. The van der Waals surface area contributed by atoms with E-state index in [-0.39, 0.29) is 0 Å². The van der Waals surface area contributed by atoms with Crippen LogP contribution in [0, 0.1) is 0 Å². The average Bonchev–Trinajstić information content (AvgIpc) is 2.49. The molecule has 6 heteroatoms. The van der Waals surface area contributed by atoms with E-state index in [4.69, 9.17) is 16.3 Å². The number of nitrogens with zero attached hydrogens (tertiary/aromatic N) is 3. The number of halogens is 1. The fourth-order valence-electron chi connectivity index (χ4n) is 2.07. The number of anilines is 2. The Morgan fingerprint density at radius 3 is 2.71 bits per heavy atom. The Labute approximate surface area is 129 Å². The van der Waals surface area contributed by atoms with Crippen molar-refractivity contribution < 1.29 is 4.74 Å². The van der Waals surface area contributed by atoms with E-state index in [2.05, 4.69) is 15.3 Å². The average molecular weight is 307 g/mol. The minimum Gasteiger partial charge on any atom is -0.490 e. The van der Waals surface area contributed by atoms with Crippen LogP contribution in [0.2, 0.25) is 5.02 Å². The van der Waals surface area contributed by atoms with Gasteiger partial charge in [-0.3, -0.25) is 0 Å². The molecule has 0 atom stereocenters. The van der Waals surface area contributed by atoms with Crippen LogP contribution in [0.3, 0.4) is 0 Å². The first-order valence-corrected chi connectivity index (χ1v) is 7.12. The highest BCUT2D eigenvalue weighted by Crippen LogP contribution is 2.32. The van der Waals surface area contributed by atoms with Crippen molar-refractivity contribution in [2.45, 2.75) is 13.5 Å². The van der Waals surface area contributed by atoms with E-state index >= 15 is 0 Å². The van der Waals surface area contributed by atoms with Crippen LogP contribution in [0.5, 0.6) is 5.75 Å². The lowest BCUT2D eigenvalue weighted by atomic mass is 10.2. The van der Waals surface area contributed by atoms with E-state index in [1.54, 1.807) is 7.11 Å². The van der Waals surface area contributed by atoms with Crippen LogP contribution in [0.4, 0.5) is 11.6 Å². The summed E-state index contributed by atoms with van der Waals surface area (Å²) in [5, 5.41) is 3.91. The van der Waals surface area contributed by atoms with Gasteiger partial charge in [-0.25, -0.2) is 9.97 Å². The molecule has 2 rings (SSSR count). The van der Waals surface area contributed by atoms with Crippen LogP contribution in [0.15, 0.2) is 30.6 Å². The molecule has 0 aliphatic rings. The first-order chi connectivity index (χ1) is 10.2. The van der Waals surface area contributed by atoms with Gasteiger partial charge in [-0.05, 0) is 18.6 Å². The zero-order valence-corrected chi connectivity index (χ0v) is 13.2. The molecule has 1 aromatic carbocycles. The second-order valence-electron chi connectivity index (χ2n) is 4.56. The molecule has 1 N–H and O–H groups in total. The summed E-state index contributed by atoms with van der Waals surface area (Å²) in [7, 11) is 3.57. The molecule has 0 aliphatic carbocycles. The van der Waals surface area contributed by atoms with Gasteiger partial charge < -0.3 is 15.0 Å². The Balaban J connectivity index is 2.28. The number of rotatable bonds is 6. The lowest BCUT2D eigenvalue weighted by Gasteiger charge is -2.22. The third-order valence-corrected chi connectivity index (χ3v) is 3.43. The maximum Gasteiger partial charge on any atom is 0.204 e. The van der Waals surface area contributed by atoms with Crippen LogP contribution in [-0.2, 0) is 6.54 Å². The zero-order chi connectivity index (χ0) is 15.2.